The number of urea groups is 1. The summed E-state index contributed by atoms with van der Waals surface area (Å²) in [6, 6.07) is 26.3. The zero-order valence-corrected chi connectivity index (χ0v) is 29.0. The van der Waals surface area contributed by atoms with Crippen molar-refractivity contribution in [2.24, 2.45) is 0 Å². The Bertz CT molecular complexity index is 2100. The summed E-state index contributed by atoms with van der Waals surface area (Å²) in [5.41, 5.74) is 4.88. The van der Waals surface area contributed by atoms with Crippen LogP contribution in [-0.2, 0) is 18.5 Å². The summed E-state index contributed by atoms with van der Waals surface area (Å²) >= 11 is 7.99. The average Bonchev–Trinajstić information content (AvgIpc) is 3.66. The quantitative estimate of drug-likeness (QED) is 0.143. The van der Waals surface area contributed by atoms with Crippen molar-refractivity contribution in [2.45, 2.75) is 49.1 Å². The summed E-state index contributed by atoms with van der Waals surface area (Å²) < 4.78 is 3.64. The molecular formula is C36H37ClN8O2S. The van der Waals surface area contributed by atoms with Crippen molar-refractivity contribution in [3.63, 3.8) is 0 Å². The number of pyridine rings is 1. The third kappa shape index (κ3) is 7.49. The molecule has 12 heteroatoms. The summed E-state index contributed by atoms with van der Waals surface area (Å²) in [6.07, 6.45) is 1.94. The molecule has 2 amide bonds. The standard InChI is InChI=1S/C36H37ClN8O2S/c1-36(2,3)31-19-33(45(42-31)25-11-8-9-23(17-25)21-43(4)5)39-35(47)38-20-24-10-6-7-12-30(24)48-27-14-16-32-40-41-34(44(32)22-27)28-18-26(46)13-15-29(28)37/h6-19,22,46H,20-21H2,1-5H3,(H2,38,39,47). The molecule has 3 aromatic heterocycles. The summed E-state index contributed by atoms with van der Waals surface area (Å²) in [7, 11) is 4.07. The lowest BCUT2D eigenvalue weighted by molar-refractivity contribution is 0.251. The Kier molecular flexibility index (Phi) is 9.45. The van der Waals surface area contributed by atoms with Gasteiger partial charge in [0, 0.05) is 46.1 Å². The van der Waals surface area contributed by atoms with E-state index >= 15 is 0 Å². The van der Waals surface area contributed by atoms with Gasteiger partial charge in [0.25, 0.3) is 0 Å². The first-order valence-electron chi connectivity index (χ1n) is 15.4. The second kappa shape index (κ2) is 13.7. The fourth-order valence-electron chi connectivity index (χ4n) is 5.20. The lowest BCUT2D eigenvalue weighted by Crippen LogP contribution is -2.29. The molecule has 6 rings (SSSR count). The number of carbonyl (C=O) groups excluding carboxylic acids is 1. The molecule has 0 saturated carbocycles. The van der Waals surface area contributed by atoms with E-state index in [0.717, 1.165) is 38.8 Å². The number of hydrogen-bond acceptors (Lipinski definition) is 7. The van der Waals surface area contributed by atoms with Crippen LogP contribution >= 0.6 is 23.4 Å². The maximum absolute atomic E-state index is 13.3. The molecule has 3 aromatic carbocycles. The summed E-state index contributed by atoms with van der Waals surface area (Å²) in [6.45, 7) is 7.41. The average molecular weight is 681 g/mol. The number of benzene rings is 3. The Morgan fingerprint density at radius 2 is 1.79 bits per heavy atom. The van der Waals surface area contributed by atoms with E-state index in [1.807, 2.05) is 79.3 Å². The molecule has 0 bridgehead atoms. The highest BCUT2D eigenvalue weighted by atomic mass is 35.5. The molecule has 6 aromatic rings. The topological polar surface area (TPSA) is 113 Å². The van der Waals surface area contributed by atoms with Gasteiger partial charge in [-0.15, -0.1) is 10.2 Å². The van der Waals surface area contributed by atoms with Crippen LogP contribution < -0.4 is 10.6 Å². The maximum Gasteiger partial charge on any atom is 0.320 e. The van der Waals surface area contributed by atoms with E-state index in [4.69, 9.17) is 16.7 Å². The van der Waals surface area contributed by atoms with E-state index in [1.54, 1.807) is 28.6 Å². The molecule has 3 heterocycles. The zero-order valence-electron chi connectivity index (χ0n) is 27.4. The molecule has 0 radical (unpaired) electrons. The highest BCUT2D eigenvalue weighted by Crippen LogP contribution is 2.34. The summed E-state index contributed by atoms with van der Waals surface area (Å²) in [4.78, 5) is 17.4. The van der Waals surface area contributed by atoms with E-state index in [0.29, 0.717) is 34.4 Å². The van der Waals surface area contributed by atoms with E-state index in [-0.39, 0.29) is 17.2 Å². The van der Waals surface area contributed by atoms with Gasteiger partial charge in [0.2, 0.25) is 0 Å². The first-order chi connectivity index (χ1) is 22.9. The molecule has 48 heavy (non-hydrogen) atoms. The van der Waals surface area contributed by atoms with Crippen molar-refractivity contribution in [2.75, 3.05) is 19.4 Å². The smallest absolute Gasteiger partial charge is 0.320 e. The third-order valence-corrected chi connectivity index (χ3v) is 9.00. The number of halogens is 1. The number of amides is 2. The van der Waals surface area contributed by atoms with Gasteiger partial charge in [-0.05, 0) is 73.8 Å². The zero-order chi connectivity index (χ0) is 34.0. The van der Waals surface area contributed by atoms with Crippen molar-refractivity contribution < 1.29 is 9.90 Å². The molecule has 246 valence electrons. The molecule has 0 unspecified atom stereocenters. The maximum atomic E-state index is 13.3. The van der Waals surface area contributed by atoms with Gasteiger partial charge in [0.1, 0.15) is 11.6 Å². The number of nitrogens with zero attached hydrogens (tertiary/aromatic N) is 6. The van der Waals surface area contributed by atoms with Crippen molar-refractivity contribution in [3.8, 4) is 22.8 Å². The van der Waals surface area contributed by atoms with E-state index in [2.05, 4.69) is 58.6 Å². The van der Waals surface area contributed by atoms with Crippen LogP contribution in [0.15, 0.2) is 101 Å². The third-order valence-electron chi connectivity index (χ3n) is 7.58. The van der Waals surface area contributed by atoms with Gasteiger partial charge in [0.15, 0.2) is 11.5 Å². The Balaban J connectivity index is 1.20. The molecule has 10 nitrogen and oxygen atoms in total. The Morgan fingerprint density at radius 3 is 2.58 bits per heavy atom. The predicted molar refractivity (Wildman–Crippen MR) is 191 cm³/mol. The number of phenols is 1. The fraction of sp³-hybridized carbons (Fsp3) is 0.222. The molecule has 0 spiro atoms. The highest BCUT2D eigenvalue weighted by Gasteiger charge is 2.22. The number of carbonyl (C=O) groups is 1. The number of anilines is 1. The van der Waals surface area contributed by atoms with E-state index < -0.39 is 0 Å². The minimum atomic E-state index is -0.334. The minimum Gasteiger partial charge on any atom is -0.508 e. The SMILES string of the molecule is CN(C)Cc1cccc(-n2nc(C(C)(C)C)cc2NC(=O)NCc2ccccc2Sc2ccc3nnc(-c4cc(O)ccc4Cl)n3c2)c1. The molecule has 0 aliphatic rings. The predicted octanol–water partition coefficient (Wildman–Crippen LogP) is 7.77. The normalized spacial score (nSPS) is 11.7. The monoisotopic (exact) mass is 680 g/mol. The molecule has 0 saturated heterocycles. The van der Waals surface area contributed by atoms with Gasteiger partial charge < -0.3 is 15.3 Å². The van der Waals surface area contributed by atoms with E-state index in [9.17, 15) is 9.90 Å². The van der Waals surface area contributed by atoms with Crippen molar-refractivity contribution in [1.29, 1.82) is 0 Å². The van der Waals surface area contributed by atoms with Crippen molar-refractivity contribution >= 4 is 40.9 Å². The number of hydrogen-bond donors (Lipinski definition) is 3. The number of fused-ring (bicyclic) bond motifs is 1. The van der Waals surface area contributed by atoms with Gasteiger partial charge in [-0.3, -0.25) is 9.72 Å². The van der Waals surface area contributed by atoms with Gasteiger partial charge in [0.05, 0.1) is 16.4 Å². The Labute approximate surface area is 288 Å². The first kappa shape index (κ1) is 33.1. The summed E-state index contributed by atoms with van der Waals surface area (Å²) in [5, 5.41) is 30.0. The molecule has 0 fully saturated rings. The van der Waals surface area contributed by atoms with Gasteiger partial charge in [-0.1, -0.05) is 74.5 Å². The van der Waals surface area contributed by atoms with Crippen LogP contribution in [0.3, 0.4) is 0 Å². The van der Waals surface area contributed by atoms with Crippen LogP contribution in [0.5, 0.6) is 5.75 Å². The van der Waals surface area contributed by atoms with Gasteiger partial charge in [-0.2, -0.15) is 5.10 Å². The number of aromatic hydroxyl groups is 1. The van der Waals surface area contributed by atoms with Crippen molar-refractivity contribution in [1.82, 2.24) is 34.6 Å². The van der Waals surface area contributed by atoms with Gasteiger partial charge in [-0.25, -0.2) is 9.48 Å². The van der Waals surface area contributed by atoms with Gasteiger partial charge >= 0.3 is 6.03 Å². The van der Waals surface area contributed by atoms with Crippen LogP contribution in [-0.4, -0.2) is 54.5 Å². The molecule has 0 aliphatic carbocycles. The number of nitrogens with one attached hydrogen (secondary N) is 2. The van der Waals surface area contributed by atoms with Crippen LogP contribution in [0, 0.1) is 0 Å². The second-order valence-electron chi connectivity index (χ2n) is 12.8. The minimum absolute atomic E-state index is 0.0930. The van der Waals surface area contributed by atoms with Crippen LogP contribution in [0.25, 0.3) is 22.7 Å². The first-order valence-corrected chi connectivity index (χ1v) is 16.6. The van der Waals surface area contributed by atoms with Crippen LogP contribution in [0.1, 0.15) is 37.6 Å². The molecule has 3 N–H and O–H groups in total. The molecule has 0 aliphatic heterocycles. The van der Waals surface area contributed by atoms with Crippen LogP contribution in [0.2, 0.25) is 5.02 Å². The number of rotatable bonds is 9. The van der Waals surface area contributed by atoms with Crippen molar-refractivity contribution in [3.05, 3.63) is 113 Å². The van der Waals surface area contributed by atoms with E-state index in [1.165, 1.54) is 6.07 Å². The second-order valence-corrected chi connectivity index (χ2v) is 14.3. The largest absolute Gasteiger partial charge is 0.508 e. The molecular weight excluding hydrogens is 644 g/mol. The Morgan fingerprint density at radius 1 is 0.979 bits per heavy atom. The fourth-order valence-corrected chi connectivity index (χ4v) is 6.37. The number of aromatic nitrogens is 5. The molecule has 0 atom stereocenters. The van der Waals surface area contributed by atoms with Crippen LogP contribution in [0.4, 0.5) is 10.6 Å². The number of phenolic OH excluding ortho intramolecular Hbond substituents is 1. The highest BCUT2D eigenvalue weighted by molar-refractivity contribution is 7.99. The Hall–Kier alpha value is -4.84. The lowest BCUT2D eigenvalue weighted by atomic mass is 9.92. The summed E-state index contributed by atoms with van der Waals surface area (Å²) in [5.74, 6) is 1.21. The lowest BCUT2D eigenvalue weighted by Gasteiger charge is -2.15.